The number of carbonyl (C=O) groups is 2. The summed E-state index contributed by atoms with van der Waals surface area (Å²) in [5.41, 5.74) is 0.975. The highest BCUT2D eigenvalue weighted by atomic mass is 32.1. The van der Waals surface area contributed by atoms with E-state index in [1.54, 1.807) is 11.3 Å². The van der Waals surface area contributed by atoms with Gasteiger partial charge in [-0.05, 0) is 31.5 Å². The number of hydrogen-bond donors (Lipinski definition) is 1. The molecular weight excluding hydrogens is 338 g/mol. The Bertz CT molecular complexity index is 696. The highest BCUT2D eigenvalue weighted by molar-refractivity contribution is 7.18. The summed E-state index contributed by atoms with van der Waals surface area (Å²) >= 11 is 1.62. The topological polar surface area (TPSA) is 71.5 Å². The number of nitrogens with one attached hydrogen (secondary N) is 1. The van der Waals surface area contributed by atoms with Gasteiger partial charge in [0.25, 0.3) is 0 Å². The van der Waals surface area contributed by atoms with E-state index in [-0.39, 0.29) is 18.4 Å². The van der Waals surface area contributed by atoms with Crippen LogP contribution in [0.5, 0.6) is 0 Å². The summed E-state index contributed by atoms with van der Waals surface area (Å²) in [6.45, 7) is 4.78. The van der Waals surface area contributed by atoms with Crippen LogP contribution in [0.3, 0.4) is 0 Å². The fourth-order valence-electron chi connectivity index (χ4n) is 2.59. The Morgan fingerprint density at radius 1 is 1.32 bits per heavy atom. The van der Waals surface area contributed by atoms with Gasteiger partial charge >= 0.3 is 5.97 Å². The Morgan fingerprint density at radius 3 is 2.68 bits per heavy atom. The molecule has 1 aromatic heterocycles. The van der Waals surface area contributed by atoms with Crippen LogP contribution in [0.1, 0.15) is 25.3 Å². The zero-order valence-electron chi connectivity index (χ0n) is 15.1. The molecule has 0 aliphatic heterocycles. The number of aromatic nitrogens is 1. The molecule has 0 aliphatic carbocycles. The van der Waals surface area contributed by atoms with Gasteiger partial charge in [-0.15, -0.1) is 11.3 Å². The van der Waals surface area contributed by atoms with Crippen LogP contribution in [-0.4, -0.2) is 48.5 Å². The molecule has 0 bridgehead atoms. The number of fused-ring (bicyclic) bond motifs is 1. The summed E-state index contributed by atoms with van der Waals surface area (Å²) in [5, 5.41) is 3.73. The van der Waals surface area contributed by atoms with E-state index >= 15 is 0 Å². The van der Waals surface area contributed by atoms with Gasteiger partial charge in [0.05, 0.1) is 30.4 Å². The quantitative estimate of drug-likeness (QED) is 0.730. The van der Waals surface area contributed by atoms with Crippen molar-refractivity contribution in [3.05, 3.63) is 29.3 Å². The fourth-order valence-corrected chi connectivity index (χ4v) is 3.63. The highest BCUT2D eigenvalue weighted by Gasteiger charge is 2.23. The standard InChI is InChI=1S/C18H25N3O3S/c1-12(2)9-14(18(23)24-4)19-16(22)10-21(3)11-17-20-13-7-5-6-8-15(13)25-17/h5-8,12,14H,9-11H2,1-4H3,(H,19,22). The maximum absolute atomic E-state index is 12.3. The van der Waals surface area contributed by atoms with Crippen LogP contribution in [0.2, 0.25) is 0 Å². The van der Waals surface area contributed by atoms with Gasteiger partial charge in [-0.1, -0.05) is 26.0 Å². The third-order valence-electron chi connectivity index (χ3n) is 3.68. The number of amides is 1. The van der Waals surface area contributed by atoms with Crippen molar-refractivity contribution >= 4 is 33.4 Å². The first kappa shape index (κ1) is 19.3. The lowest BCUT2D eigenvalue weighted by molar-refractivity contribution is -0.145. The van der Waals surface area contributed by atoms with Gasteiger partial charge in [0.1, 0.15) is 11.0 Å². The van der Waals surface area contributed by atoms with E-state index in [0.717, 1.165) is 15.2 Å². The summed E-state index contributed by atoms with van der Waals surface area (Å²) in [6.07, 6.45) is 0.556. The molecule has 0 saturated carbocycles. The molecule has 25 heavy (non-hydrogen) atoms. The first-order chi connectivity index (χ1) is 11.9. The van der Waals surface area contributed by atoms with Gasteiger partial charge < -0.3 is 10.1 Å². The first-order valence-corrected chi connectivity index (χ1v) is 9.11. The van der Waals surface area contributed by atoms with Crippen molar-refractivity contribution in [2.75, 3.05) is 20.7 Å². The maximum Gasteiger partial charge on any atom is 0.328 e. The molecule has 1 atom stereocenters. The highest BCUT2D eigenvalue weighted by Crippen LogP contribution is 2.22. The second-order valence-electron chi connectivity index (χ2n) is 6.52. The third kappa shape index (κ3) is 5.79. The molecule has 0 saturated heterocycles. The number of hydrogen-bond acceptors (Lipinski definition) is 6. The summed E-state index contributed by atoms with van der Waals surface area (Å²) < 4.78 is 5.91. The van der Waals surface area contributed by atoms with Crippen LogP contribution in [-0.2, 0) is 20.9 Å². The number of benzene rings is 1. The van der Waals surface area contributed by atoms with Gasteiger partial charge in [0.15, 0.2) is 0 Å². The zero-order chi connectivity index (χ0) is 18.4. The molecule has 1 aromatic carbocycles. The molecule has 136 valence electrons. The minimum atomic E-state index is -0.603. The van der Waals surface area contributed by atoms with Crippen LogP contribution in [0.25, 0.3) is 10.2 Å². The number of esters is 1. The molecule has 7 heteroatoms. The summed E-state index contributed by atoms with van der Waals surface area (Å²) in [6, 6.07) is 7.37. The van der Waals surface area contributed by atoms with Gasteiger partial charge in [-0.2, -0.15) is 0 Å². The van der Waals surface area contributed by atoms with Crippen molar-refractivity contribution in [1.29, 1.82) is 0 Å². The molecule has 1 N–H and O–H groups in total. The Balaban J connectivity index is 1.90. The van der Waals surface area contributed by atoms with E-state index in [1.807, 2.05) is 50.1 Å². The minimum Gasteiger partial charge on any atom is -0.467 e. The van der Waals surface area contributed by atoms with Crippen LogP contribution >= 0.6 is 11.3 Å². The second kappa shape index (κ2) is 8.92. The van der Waals surface area contributed by atoms with Crippen molar-refractivity contribution in [2.45, 2.75) is 32.9 Å². The van der Waals surface area contributed by atoms with E-state index in [9.17, 15) is 9.59 Å². The maximum atomic E-state index is 12.3. The van der Waals surface area contributed by atoms with Crippen molar-refractivity contribution in [2.24, 2.45) is 5.92 Å². The third-order valence-corrected chi connectivity index (χ3v) is 4.71. The van der Waals surface area contributed by atoms with Gasteiger partial charge in [0.2, 0.25) is 5.91 Å². The van der Waals surface area contributed by atoms with Gasteiger partial charge in [-0.3, -0.25) is 9.69 Å². The Morgan fingerprint density at radius 2 is 2.04 bits per heavy atom. The van der Waals surface area contributed by atoms with Crippen LogP contribution in [0.4, 0.5) is 0 Å². The molecule has 0 aliphatic rings. The van der Waals surface area contributed by atoms with Crippen LogP contribution in [0, 0.1) is 5.92 Å². The van der Waals surface area contributed by atoms with Crippen LogP contribution < -0.4 is 5.32 Å². The van der Waals surface area contributed by atoms with Gasteiger partial charge in [-0.25, -0.2) is 9.78 Å². The molecular formula is C18H25N3O3S. The Hall–Kier alpha value is -1.99. The monoisotopic (exact) mass is 363 g/mol. The Kier molecular flexibility index (Phi) is 6.90. The normalized spacial score (nSPS) is 12.6. The first-order valence-electron chi connectivity index (χ1n) is 8.29. The van der Waals surface area contributed by atoms with E-state index in [2.05, 4.69) is 10.3 Å². The van der Waals surface area contributed by atoms with E-state index in [1.165, 1.54) is 7.11 Å². The zero-order valence-corrected chi connectivity index (χ0v) is 15.9. The summed E-state index contributed by atoms with van der Waals surface area (Å²) in [4.78, 5) is 30.5. The molecule has 6 nitrogen and oxygen atoms in total. The second-order valence-corrected chi connectivity index (χ2v) is 7.64. The number of rotatable bonds is 8. The SMILES string of the molecule is COC(=O)C(CC(C)C)NC(=O)CN(C)Cc1nc2ccccc2s1. The van der Waals surface area contributed by atoms with E-state index < -0.39 is 12.0 Å². The average molecular weight is 363 g/mol. The van der Waals surface area contributed by atoms with Crippen molar-refractivity contribution in [1.82, 2.24) is 15.2 Å². The number of carbonyl (C=O) groups excluding carboxylic acids is 2. The van der Waals surface area contributed by atoms with E-state index in [4.69, 9.17) is 4.74 Å². The molecule has 1 amide bonds. The smallest absolute Gasteiger partial charge is 0.328 e. The molecule has 0 radical (unpaired) electrons. The lowest BCUT2D eigenvalue weighted by Crippen LogP contribution is -2.45. The molecule has 1 unspecified atom stereocenters. The number of thiazole rings is 1. The van der Waals surface area contributed by atoms with Crippen molar-refractivity contribution in [3.63, 3.8) is 0 Å². The molecule has 2 aromatic rings. The van der Waals surface area contributed by atoms with Crippen molar-refractivity contribution < 1.29 is 14.3 Å². The van der Waals surface area contributed by atoms with E-state index in [0.29, 0.717) is 13.0 Å². The molecule has 0 fully saturated rings. The van der Waals surface area contributed by atoms with Crippen molar-refractivity contribution in [3.8, 4) is 0 Å². The van der Waals surface area contributed by atoms with Gasteiger partial charge in [0, 0.05) is 0 Å². The number of para-hydroxylation sites is 1. The number of likely N-dealkylation sites (N-methyl/N-ethyl adjacent to an activating group) is 1. The number of nitrogens with zero attached hydrogens (tertiary/aromatic N) is 2. The molecule has 1 heterocycles. The summed E-state index contributed by atoms with van der Waals surface area (Å²) in [7, 11) is 3.20. The number of ether oxygens (including phenoxy) is 1. The largest absolute Gasteiger partial charge is 0.467 e. The molecule has 2 rings (SSSR count). The lowest BCUT2D eigenvalue weighted by Gasteiger charge is -2.20. The number of methoxy groups -OCH3 is 1. The van der Waals surface area contributed by atoms with Crippen LogP contribution in [0.15, 0.2) is 24.3 Å². The average Bonchev–Trinajstić information content (AvgIpc) is 2.94. The Labute approximate surface area is 152 Å². The molecule has 0 spiro atoms. The fraction of sp³-hybridized carbons (Fsp3) is 0.500. The summed E-state index contributed by atoms with van der Waals surface area (Å²) in [5.74, 6) is -0.319. The predicted octanol–water partition coefficient (Wildman–Crippen LogP) is 2.43. The lowest BCUT2D eigenvalue weighted by atomic mass is 10.0. The minimum absolute atomic E-state index is 0.195. The predicted molar refractivity (Wildman–Crippen MR) is 99.4 cm³/mol.